The molecule has 1 N–H and O–H groups in total. The zero-order valence-corrected chi connectivity index (χ0v) is 7.90. The van der Waals surface area contributed by atoms with Crippen molar-refractivity contribution >= 4 is 17.2 Å². The number of aromatic hydroxyl groups is 1. The molecule has 1 aromatic heterocycles. The number of hydrogen-bond acceptors (Lipinski definition) is 2. The molecule has 0 bridgehead atoms. The average molecular weight is 189 g/mol. The van der Waals surface area contributed by atoms with Crippen molar-refractivity contribution in [1.29, 1.82) is 0 Å². The molecule has 0 aliphatic heterocycles. The highest BCUT2D eigenvalue weighted by Gasteiger charge is 2.09. The number of aldehydes is 1. The van der Waals surface area contributed by atoms with Crippen LogP contribution in [0.15, 0.2) is 24.3 Å². The molecule has 0 aliphatic carbocycles. The molecular formula is C11H11NO2. The van der Waals surface area contributed by atoms with E-state index in [0.29, 0.717) is 12.2 Å². The second-order valence-corrected chi connectivity index (χ2v) is 3.15. The standard InChI is InChI=1S/C11H11NO2/c1-2-12-9(7-13)6-8-4-3-5-10(14)11(8)12/h3-7,14H,2H2,1H3. The molecule has 14 heavy (non-hydrogen) atoms. The topological polar surface area (TPSA) is 42.2 Å². The van der Waals surface area contributed by atoms with Crippen LogP contribution in [0.5, 0.6) is 5.75 Å². The van der Waals surface area contributed by atoms with Gasteiger partial charge >= 0.3 is 0 Å². The molecule has 0 radical (unpaired) electrons. The summed E-state index contributed by atoms with van der Waals surface area (Å²) >= 11 is 0. The van der Waals surface area contributed by atoms with E-state index < -0.39 is 0 Å². The first-order valence-electron chi connectivity index (χ1n) is 4.54. The first-order chi connectivity index (χ1) is 6.77. The molecule has 2 rings (SSSR count). The van der Waals surface area contributed by atoms with Gasteiger partial charge in [0.1, 0.15) is 5.75 Å². The second-order valence-electron chi connectivity index (χ2n) is 3.15. The Hall–Kier alpha value is -1.77. The van der Waals surface area contributed by atoms with Gasteiger partial charge in [0, 0.05) is 11.9 Å². The lowest BCUT2D eigenvalue weighted by molar-refractivity contribution is 0.111. The minimum atomic E-state index is 0.220. The number of phenolic OH excluding ortho intramolecular Hbond substituents is 1. The van der Waals surface area contributed by atoms with E-state index in [4.69, 9.17) is 0 Å². The van der Waals surface area contributed by atoms with Gasteiger partial charge in [-0.05, 0) is 19.1 Å². The lowest BCUT2D eigenvalue weighted by Crippen LogP contribution is -1.98. The monoisotopic (exact) mass is 189 g/mol. The van der Waals surface area contributed by atoms with Crippen molar-refractivity contribution in [3.63, 3.8) is 0 Å². The Bertz CT molecular complexity index is 485. The van der Waals surface area contributed by atoms with Crippen LogP contribution in [0.4, 0.5) is 0 Å². The number of rotatable bonds is 2. The molecule has 0 aliphatic rings. The van der Waals surface area contributed by atoms with E-state index >= 15 is 0 Å². The predicted molar refractivity (Wildman–Crippen MR) is 54.7 cm³/mol. The summed E-state index contributed by atoms with van der Waals surface area (Å²) in [4.78, 5) is 10.8. The van der Waals surface area contributed by atoms with Crippen LogP contribution in [-0.4, -0.2) is 16.0 Å². The number of aromatic nitrogens is 1. The maximum atomic E-state index is 10.8. The van der Waals surface area contributed by atoms with Crippen molar-refractivity contribution in [2.24, 2.45) is 0 Å². The third-order valence-electron chi connectivity index (χ3n) is 2.37. The van der Waals surface area contributed by atoms with E-state index in [0.717, 1.165) is 17.2 Å². The fourth-order valence-corrected chi connectivity index (χ4v) is 1.76. The molecule has 0 fully saturated rings. The van der Waals surface area contributed by atoms with Gasteiger partial charge in [0.05, 0.1) is 11.2 Å². The first kappa shape index (κ1) is 8.81. The number of fused-ring (bicyclic) bond motifs is 1. The number of para-hydroxylation sites is 1. The molecule has 0 saturated carbocycles. The quantitative estimate of drug-likeness (QED) is 0.736. The molecule has 72 valence electrons. The molecule has 1 heterocycles. The molecule has 3 heteroatoms. The van der Waals surface area contributed by atoms with Gasteiger partial charge in [-0.25, -0.2) is 0 Å². The zero-order valence-electron chi connectivity index (χ0n) is 7.90. The van der Waals surface area contributed by atoms with Gasteiger partial charge in [0.25, 0.3) is 0 Å². The predicted octanol–water partition coefficient (Wildman–Crippen LogP) is 2.18. The van der Waals surface area contributed by atoms with Crippen molar-refractivity contribution in [1.82, 2.24) is 4.57 Å². The van der Waals surface area contributed by atoms with E-state index in [1.165, 1.54) is 0 Å². The highest BCUT2D eigenvalue weighted by atomic mass is 16.3. The average Bonchev–Trinajstić information content (AvgIpc) is 2.56. The van der Waals surface area contributed by atoms with E-state index in [9.17, 15) is 9.90 Å². The van der Waals surface area contributed by atoms with Crippen molar-refractivity contribution < 1.29 is 9.90 Å². The summed E-state index contributed by atoms with van der Waals surface area (Å²) in [5, 5.41) is 10.6. The largest absolute Gasteiger partial charge is 0.506 e. The minimum absolute atomic E-state index is 0.220. The summed E-state index contributed by atoms with van der Waals surface area (Å²) < 4.78 is 1.80. The fourth-order valence-electron chi connectivity index (χ4n) is 1.76. The van der Waals surface area contributed by atoms with Crippen LogP contribution in [-0.2, 0) is 6.54 Å². The maximum absolute atomic E-state index is 10.8. The molecule has 0 atom stereocenters. The second kappa shape index (κ2) is 3.18. The van der Waals surface area contributed by atoms with Crippen molar-refractivity contribution in [3.05, 3.63) is 30.0 Å². The molecule has 0 amide bonds. The summed E-state index contributed by atoms with van der Waals surface area (Å²) in [6.45, 7) is 2.62. The summed E-state index contributed by atoms with van der Waals surface area (Å²) in [6, 6.07) is 7.06. The van der Waals surface area contributed by atoms with Gasteiger partial charge in [0.2, 0.25) is 0 Å². The summed E-state index contributed by atoms with van der Waals surface area (Å²) in [6.07, 6.45) is 0.808. The van der Waals surface area contributed by atoms with Crippen LogP contribution in [0.2, 0.25) is 0 Å². The molecule has 1 aromatic carbocycles. The Morgan fingerprint density at radius 1 is 1.50 bits per heavy atom. The van der Waals surface area contributed by atoms with Crippen molar-refractivity contribution in [3.8, 4) is 5.75 Å². The smallest absolute Gasteiger partial charge is 0.166 e. The summed E-state index contributed by atoms with van der Waals surface area (Å²) in [5.74, 6) is 0.220. The Kier molecular flexibility index (Phi) is 2.00. The third-order valence-corrected chi connectivity index (χ3v) is 2.37. The van der Waals surface area contributed by atoms with Gasteiger partial charge in [-0.1, -0.05) is 12.1 Å². The van der Waals surface area contributed by atoms with Gasteiger partial charge in [0.15, 0.2) is 6.29 Å². The SMILES string of the molecule is CCn1c(C=O)cc2cccc(O)c21. The fraction of sp³-hybridized carbons (Fsp3) is 0.182. The third kappa shape index (κ3) is 1.09. The van der Waals surface area contributed by atoms with Crippen LogP contribution < -0.4 is 0 Å². The van der Waals surface area contributed by atoms with Gasteiger partial charge < -0.3 is 9.67 Å². The number of aryl methyl sites for hydroxylation is 1. The molecule has 0 unspecified atom stereocenters. The summed E-state index contributed by atoms with van der Waals surface area (Å²) in [5.41, 5.74) is 1.33. The Balaban J connectivity index is 2.88. The Morgan fingerprint density at radius 3 is 2.93 bits per heavy atom. The molecule has 2 aromatic rings. The van der Waals surface area contributed by atoms with Crippen LogP contribution >= 0.6 is 0 Å². The van der Waals surface area contributed by atoms with E-state index in [1.807, 2.05) is 13.0 Å². The normalized spacial score (nSPS) is 10.6. The van der Waals surface area contributed by atoms with Crippen LogP contribution in [0.3, 0.4) is 0 Å². The van der Waals surface area contributed by atoms with Crippen molar-refractivity contribution in [2.45, 2.75) is 13.5 Å². The molecular weight excluding hydrogens is 178 g/mol. The lowest BCUT2D eigenvalue weighted by Gasteiger charge is -2.04. The lowest BCUT2D eigenvalue weighted by atomic mass is 10.2. The number of carbonyl (C=O) groups is 1. The van der Waals surface area contributed by atoms with E-state index in [-0.39, 0.29) is 5.75 Å². The van der Waals surface area contributed by atoms with Gasteiger partial charge in [-0.15, -0.1) is 0 Å². The number of nitrogens with zero attached hydrogens (tertiary/aromatic N) is 1. The number of carbonyl (C=O) groups excluding carboxylic acids is 1. The van der Waals surface area contributed by atoms with E-state index in [2.05, 4.69) is 0 Å². The van der Waals surface area contributed by atoms with Crippen LogP contribution in [0, 0.1) is 0 Å². The number of hydrogen-bond donors (Lipinski definition) is 1. The van der Waals surface area contributed by atoms with Crippen molar-refractivity contribution in [2.75, 3.05) is 0 Å². The van der Waals surface area contributed by atoms with Crippen LogP contribution in [0.25, 0.3) is 10.9 Å². The maximum Gasteiger partial charge on any atom is 0.166 e. The van der Waals surface area contributed by atoms with Gasteiger partial charge in [-0.2, -0.15) is 0 Å². The highest BCUT2D eigenvalue weighted by molar-refractivity contribution is 5.92. The first-order valence-corrected chi connectivity index (χ1v) is 4.54. The Morgan fingerprint density at radius 2 is 2.29 bits per heavy atom. The minimum Gasteiger partial charge on any atom is -0.506 e. The Labute approximate surface area is 81.6 Å². The molecule has 0 saturated heterocycles. The van der Waals surface area contributed by atoms with Gasteiger partial charge in [-0.3, -0.25) is 4.79 Å². The summed E-state index contributed by atoms with van der Waals surface area (Å²) in [7, 11) is 0. The number of phenols is 1. The zero-order chi connectivity index (χ0) is 10.1. The van der Waals surface area contributed by atoms with Crippen LogP contribution in [0.1, 0.15) is 17.4 Å². The number of benzene rings is 1. The molecule has 3 nitrogen and oxygen atoms in total. The highest BCUT2D eigenvalue weighted by Crippen LogP contribution is 2.27. The molecule has 0 spiro atoms. The van der Waals surface area contributed by atoms with E-state index in [1.54, 1.807) is 22.8 Å².